The number of Topliss-reactive ketones (excluding diaryl/α,β-unsaturated/α-hetero) is 2. The number of ether oxygens (including phenoxy) is 1. The van der Waals surface area contributed by atoms with E-state index >= 15 is 0 Å². The number of carbonyl (C=O) groups excluding carboxylic acids is 2. The van der Waals surface area contributed by atoms with E-state index in [0.717, 1.165) is 39.0 Å². The van der Waals surface area contributed by atoms with Gasteiger partial charge in [0.15, 0.2) is 11.6 Å². The third kappa shape index (κ3) is 7.92. The summed E-state index contributed by atoms with van der Waals surface area (Å²) in [6, 6.07) is 66.7. The molecule has 2 aliphatic rings. The van der Waals surface area contributed by atoms with Gasteiger partial charge in [-0.25, -0.2) is 9.59 Å². The van der Waals surface area contributed by atoms with Crippen LogP contribution in [0.25, 0.3) is 44.6 Å². The Balaban J connectivity index is 1.04. The molecule has 0 saturated heterocycles. The first kappa shape index (κ1) is 41.8. The molecule has 0 aromatic heterocycles. The van der Waals surface area contributed by atoms with Crippen molar-refractivity contribution in [1.29, 1.82) is 0 Å². The highest BCUT2D eigenvalue weighted by Crippen LogP contribution is 2.51. The molecule has 2 aliphatic carbocycles. The van der Waals surface area contributed by atoms with Crippen molar-refractivity contribution in [3.8, 4) is 11.5 Å². The molecule has 10 rings (SSSR count). The van der Waals surface area contributed by atoms with Gasteiger partial charge >= 0.3 is 11.9 Å². The van der Waals surface area contributed by atoms with Gasteiger partial charge in [-0.3, -0.25) is 9.59 Å². The molecule has 2 N–H and O–H groups in total. The molecule has 0 radical (unpaired) electrons. The molecule has 0 aliphatic heterocycles. The minimum Gasteiger partial charge on any atom is -0.478 e. The molecule has 320 valence electrons. The zero-order chi connectivity index (χ0) is 46.0. The van der Waals surface area contributed by atoms with Crippen LogP contribution in [0.3, 0.4) is 0 Å². The minimum absolute atomic E-state index is 0.0420. The van der Waals surface area contributed by atoms with E-state index in [0.29, 0.717) is 61.6 Å². The fraction of sp³-hybridized carbons (Fsp3) is 0. The summed E-state index contributed by atoms with van der Waals surface area (Å²) in [7, 11) is 0. The van der Waals surface area contributed by atoms with Crippen molar-refractivity contribution in [2.75, 3.05) is 0 Å². The van der Waals surface area contributed by atoms with Crippen LogP contribution in [0, 0.1) is 0 Å². The van der Waals surface area contributed by atoms with E-state index in [4.69, 9.17) is 4.74 Å². The molecular formula is C60H38O7. The topological polar surface area (TPSA) is 118 Å². The average Bonchev–Trinajstić information content (AvgIpc) is 3.86. The van der Waals surface area contributed by atoms with Crippen LogP contribution in [0.2, 0.25) is 0 Å². The van der Waals surface area contributed by atoms with Crippen LogP contribution in [0.4, 0.5) is 0 Å². The Kier molecular flexibility index (Phi) is 11.1. The summed E-state index contributed by atoms with van der Waals surface area (Å²) >= 11 is 0. The standard InChI is InChI=1S/C60H38O7/c61-57-53(39-17-9-3-10-18-39)49(37-13-5-1-6-14-37)51(54(57)40-19-11-4-12-20-40)41-29-33-47(34-30-41)67-48-35-31-42(32-36-48)52-50(38-15-7-2-8-16-38)55(43-21-25-45(26-22-43)59(63)64)58(62)56(52)44-23-27-46(28-24-44)60(65)66/h1-36H,(H,63,64)(H,65,66). The van der Waals surface area contributed by atoms with E-state index in [1.165, 1.54) is 24.3 Å². The molecule has 0 spiro atoms. The number of carboxylic acids is 2. The Bertz CT molecular complexity index is 3360. The van der Waals surface area contributed by atoms with Crippen molar-refractivity contribution in [2.24, 2.45) is 0 Å². The fourth-order valence-electron chi connectivity index (χ4n) is 8.95. The number of carboxylic acid groups (broad SMARTS) is 2. The van der Waals surface area contributed by atoms with Crippen LogP contribution in [0.15, 0.2) is 218 Å². The first-order valence-electron chi connectivity index (χ1n) is 21.6. The molecule has 0 fully saturated rings. The summed E-state index contributed by atoms with van der Waals surface area (Å²) in [6.45, 7) is 0. The van der Waals surface area contributed by atoms with Crippen LogP contribution in [-0.2, 0) is 9.59 Å². The highest BCUT2D eigenvalue weighted by molar-refractivity contribution is 6.60. The van der Waals surface area contributed by atoms with E-state index in [-0.39, 0.29) is 22.7 Å². The summed E-state index contributed by atoms with van der Waals surface area (Å²) in [5.74, 6) is -1.37. The zero-order valence-corrected chi connectivity index (χ0v) is 35.7. The van der Waals surface area contributed by atoms with Gasteiger partial charge in [0.1, 0.15) is 11.5 Å². The van der Waals surface area contributed by atoms with Crippen LogP contribution >= 0.6 is 0 Å². The van der Waals surface area contributed by atoms with Crippen molar-refractivity contribution in [1.82, 2.24) is 0 Å². The molecule has 8 aromatic rings. The molecule has 0 amide bonds. The lowest BCUT2D eigenvalue weighted by atomic mass is 9.89. The third-order valence-corrected chi connectivity index (χ3v) is 12.0. The van der Waals surface area contributed by atoms with E-state index < -0.39 is 11.9 Å². The molecule has 7 heteroatoms. The second kappa shape index (κ2) is 17.8. The van der Waals surface area contributed by atoms with Gasteiger partial charge in [-0.15, -0.1) is 0 Å². The molecule has 0 bridgehead atoms. The Labute approximate surface area is 386 Å². The first-order valence-corrected chi connectivity index (χ1v) is 21.6. The van der Waals surface area contributed by atoms with Crippen molar-refractivity contribution in [3.63, 3.8) is 0 Å². The van der Waals surface area contributed by atoms with Gasteiger partial charge in [-0.05, 0) is 93.0 Å². The highest BCUT2D eigenvalue weighted by Gasteiger charge is 2.37. The van der Waals surface area contributed by atoms with Crippen molar-refractivity contribution < 1.29 is 34.1 Å². The number of allylic oxidation sites excluding steroid dienone is 8. The maximum absolute atomic E-state index is 14.9. The number of ketones is 2. The monoisotopic (exact) mass is 870 g/mol. The van der Waals surface area contributed by atoms with Gasteiger partial charge in [-0.2, -0.15) is 0 Å². The van der Waals surface area contributed by atoms with E-state index in [9.17, 15) is 29.4 Å². The van der Waals surface area contributed by atoms with E-state index in [1.54, 1.807) is 24.3 Å². The molecular weight excluding hydrogens is 833 g/mol. The summed E-state index contributed by atoms with van der Waals surface area (Å²) in [4.78, 5) is 53.1. The molecule has 0 unspecified atom stereocenters. The Morgan fingerprint density at radius 3 is 0.731 bits per heavy atom. The number of rotatable bonds is 12. The lowest BCUT2D eigenvalue weighted by molar-refractivity contribution is -0.109. The van der Waals surface area contributed by atoms with Crippen LogP contribution in [0.1, 0.15) is 65.2 Å². The predicted molar refractivity (Wildman–Crippen MR) is 263 cm³/mol. The van der Waals surface area contributed by atoms with Crippen molar-refractivity contribution >= 4 is 68.1 Å². The second-order valence-corrected chi connectivity index (χ2v) is 16.0. The SMILES string of the molecule is O=C1C(c2ccccc2)=C(c2ccccc2)C(c2ccc(Oc3ccc(C4=C(c5ccc(C(=O)O)cc5)C(=O)C(c5ccc(C(=O)O)cc5)=C4c4ccccc4)cc3)cc2)=C1c1ccccc1. The first-order chi connectivity index (χ1) is 32.7. The zero-order valence-electron chi connectivity index (χ0n) is 35.7. The van der Waals surface area contributed by atoms with Gasteiger partial charge in [0.2, 0.25) is 0 Å². The highest BCUT2D eigenvalue weighted by atomic mass is 16.5. The van der Waals surface area contributed by atoms with Gasteiger partial charge in [0.25, 0.3) is 0 Å². The number of carbonyl (C=O) groups is 4. The maximum Gasteiger partial charge on any atom is 0.335 e. The van der Waals surface area contributed by atoms with Gasteiger partial charge in [0, 0.05) is 44.6 Å². The Morgan fingerprint density at radius 1 is 0.269 bits per heavy atom. The lowest BCUT2D eigenvalue weighted by Gasteiger charge is -2.15. The summed E-state index contributed by atoms with van der Waals surface area (Å²) in [6.07, 6.45) is 0. The number of aromatic carboxylic acids is 2. The third-order valence-electron chi connectivity index (χ3n) is 12.0. The van der Waals surface area contributed by atoms with Crippen molar-refractivity contribution in [3.05, 3.63) is 274 Å². The minimum atomic E-state index is -1.08. The second-order valence-electron chi connectivity index (χ2n) is 16.0. The summed E-state index contributed by atoms with van der Waals surface area (Å²) in [5.41, 5.74) is 11.2. The Morgan fingerprint density at radius 2 is 0.478 bits per heavy atom. The predicted octanol–water partition coefficient (Wildman–Crippen LogP) is 13.1. The quantitative estimate of drug-likeness (QED) is 0.125. The van der Waals surface area contributed by atoms with Crippen LogP contribution in [0.5, 0.6) is 11.5 Å². The smallest absolute Gasteiger partial charge is 0.335 e. The van der Waals surface area contributed by atoms with E-state index in [2.05, 4.69) is 0 Å². The van der Waals surface area contributed by atoms with Crippen LogP contribution in [-0.4, -0.2) is 33.7 Å². The van der Waals surface area contributed by atoms with Gasteiger partial charge in [-0.1, -0.05) is 170 Å². The Hall–Kier alpha value is -9.20. The number of hydrogen-bond acceptors (Lipinski definition) is 5. The largest absolute Gasteiger partial charge is 0.478 e. The molecule has 8 aromatic carbocycles. The molecule has 7 nitrogen and oxygen atoms in total. The summed E-state index contributed by atoms with van der Waals surface area (Å²) in [5, 5.41) is 19.3. The normalized spacial score (nSPS) is 13.7. The molecule has 0 heterocycles. The van der Waals surface area contributed by atoms with Crippen LogP contribution < -0.4 is 4.74 Å². The average molecular weight is 871 g/mol. The molecule has 67 heavy (non-hydrogen) atoms. The van der Waals surface area contributed by atoms with E-state index in [1.807, 2.05) is 170 Å². The lowest BCUT2D eigenvalue weighted by Crippen LogP contribution is -2.04. The molecule has 0 saturated carbocycles. The van der Waals surface area contributed by atoms with Gasteiger partial charge < -0.3 is 14.9 Å². The number of benzene rings is 8. The molecule has 0 atom stereocenters. The van der Waals surface area contributed by atoms with Gasteiger partial charge in [0.05, 0.1) is 11.1 Å². The summed E-state index contributed by atoms with van der Waals surface area (Å²) < 4.78 is 6.46. The van der Waals surface area contributed by atoms with Crippen molar-refractivity contribution in [2.45, 2.75) is 0 Å². The fourth-order valence-corrected chi connectivity index (χ4v) is 8.95. The maximum atomic E-state index is 14.9. The number of hydrogen-bond donors (Lipinski definition) is 2.